The second-order valence-electron chi connectivity index (χ2n) is 4.46. The Labute approximate surface area is 120 Å². The summed E-state index contributed by atoms with van der Waals surface area (Å²) < 4.78 is 5.18. The standard InChI is InChI=1S/C12H17N3O4S/c1-7-8(2)20-10(9(7)11(16)17)13-12(18)14-15-3-5-19-6-4-15/h3-6H2,1-2H3,(H,16,17)(H2,13,14,18). The smallest absolute Gasteiger partial charge is 0.338 e. The van der Waals surface area contributed by atoms with E-state index in [0.29, 0.717) is 36.9 Å². The van der Waals surface area contributed by atoms with Gasteiger partial charge in [0.2, 0.25) is 0 Å². The molecule has 0 spiro atoms. The average Bonchev–Trinajstić information content (AvgIpc) is 2.65. The summed E-state index contributed by atoms with van der Waals surface area (Å²) in [7, 11) is 0. The van der Waals surface area contributed by atoms with Crippen LogP contribution in [0.4, 0.5) is 9.80 Å². The molecule has 1 aliphatic rings. The average molecular weight is 299 g/mol. The lowest BCUT2D eigenvalue weighted by Gasteiger charge is -2.26. The highest BCUT2D eigenvalue weighted by atomic mass is 32.1. The van der Waals surface area contributed by atoms with E-state index in [1.807, 2.05) is 6.92 Å². The van der Waals surface area contributed by atoms with Crippen molar-refractivity contribution in [2.45, 2.75) is 13.8 Å². The van der Waals surface area contributed by atoms with Gasteiger partial charge in [-0.05, 0) is 19.4 Å². The third-order valence-electron chi connectivity index (χ3n) is 3.10. The third kappa shape index (κ3) is 3.27. The molecule has 1 saturated heterocycles. The number of nitrogens with zero attached hydrogens (tertiary/aromatic N) is 1. The van der Waals surface area contributed by atoms with Gasteiger partial charge in [-0.1, -0.05) is 0 Å². The summed E-state index contributed by atoms with van der Waals surface area (Å²) >= 11 is 1.26. The summed E-state index contributed by atoms with van der Waals surface area (Å²) in [6, 6.07) is -0.435. The van der Waals surface area contributed by atoms with Crippen LogP contribution in [0, 0.1) is 13.8 Å². The minimum absolute atomic E-state index is 0.157. The fourth-order valence-corrected chi connectivity index (χ4v) is 2.97. The number of hydrazine groups is 1. The second kappa shape index (κ2) is 6.21. The van der Waals surface area contributed by atoms with Crippen molar-refractivity contribution in [3.63, 3.8) is 0 Å². The molecule has 0 aliphatic carbocycles. The zero-order chi connectivity index (χ0) is 14.7. The van der Waals surface area contributed by atoms with Gasteiger partial charge in [0, 0.05) is 18.0 Å². The number of hydrogen-bond donors (Lipinski definition) is 3. The number of urea groups is 1. The number of aromatic carboxylic acids is 1. The van der Waals surface area contributed by atoms with Gasteiger partial charge < -0.3 is 9.84 Å². The van der Waals surface area contributed by atoms with Crippen molar-refractivity contribution in [3.05, 3.63) is 16.0 Å². The van der Waals surface area contributed by atoms with Gasteiger partial charge in [-0.25, -0.2) is 14.6 Å². The maximum atomic E-state index is 11.9. The van der Waals surface area contributed by atoms with Crippen molar-refractivity contribution >= 4 is 28.3 Å². The number of carbonyl (C=O) groups excluding carboxylic acids is 1. The van der Waals surface area contributed by atoms with Gasteiger partial charge in [0.05, 0.1) is 18.8 Å². The maximum Gasteiger partial charge on any atom is 0.338 e. The minimum Gasteiger partial charge on any atom is -0.478 e. The number of anilines is 1. The summed E-state index contributed by atoms with van der Waals surface area (Å²) in [6.45, 7) is 5.93. The Kier molecular flexibility index (Phi) is 4.58. The number of aryl methyl sites for hydroxylation is 1. The third-order valence-corrected chi connectivity index (χ3v) is 4.22. The number of carboxylic acids is 1. The van der Waals surface area contributed by atoms with Crippen LogP contribution in [0.25, 0.3) is 0 Å². The van der Waals surface area contributed by atoms with Gasteiger partial charge in [0.25, 0.3) is 0 Å². The number of hydrogen-bond acceptors (Lipinski definition) is 5. The molecule has 2 rings (SSSR count). The number of thiophene rings is 1. The molecule has 0 unspecified atom stereocenters. The Hall–Kier alpha value is -1.64. The number of rotatable bonds is 3. The predicted molar refractivity (Wildman–Crippen MR) is 75.3 cm³/mol. The molecule has 3 N–H and O–H groups in total. The number of ether oxygens (including phenoxy) is 1. The normalized spacial score (nSPS) is 15.9. The van der Waals surface area contributed by atoms with Crippen LogP contribution >= 0.6 is 11.3 Å². The molecule has 0 aromatic carbocycles. The lowest BCUT2D eigenvalue weighted by Crippen LogP contribution is -2.49. The molecule has 7 nitrogen and oxygen atoms in total. The zero-order valence-electron chi connectivity index (χ0n) is 11.4. The Morgan fingerprint density at radius 3 is 2.55 bits per heavy atom. The fourth-order valence-electron chi connectivity index (χ4n) is 1.92. The van der Waals surface area contributed by atoms with E-state index < -0.39 is 12.0 Å². The number of carbonyl (C=O) groups is 2. The van der Waals surface area contributed by atoms with Crippen molar-refractivity contribution in [1.29, 1.82) is 0 Å². The van der Waals surface area contributed by atoms with Crippen molar-refractivity contribution < 1.29 is 19.4 Å². The number of nitrogens with one attached hydrogen (secondary N) is 2. The molecule has 0 radical (unpaired) electrons. The van der Waals surface area contributed by atoms with E-state index >= 15 is 0 Å². The van der Waals surface area contributed by atoms with Gasteiger partial charge >= 0.3 is 12.0 Å². The molecular formula is C12H17N3O4S. The van der Waals surface area contributed by atoms with Gasteiger partial charge in [-0.2, -0.15) is 0 Å². The van der Waals surface area contributed by atoms with Crippen LogP contribution in [0.2, 0.25) is 0 Å². The van der Waals surface area contributed by atoms with Crippen LogP contribution in [0.5, 0.6) is 0 Å². The molecule has 0 saturated carbocycles. The lowest BCUT2D eigenvalue weighted by atomic mass is 10.1. The molecule has 8 heteroatoms. The lowest BCUT2D eigenvalue weighted by molar-refractivity contribution is 0.0207. The van der Waals surface area contributed by atoms with Crippen molar-refractivity contribution in [1.82, 2.24) is 10.4 Å². The number of morpholine rings is 1. The first-order valence-electron chi connectivity index (χ1n) is 6.22. The summed E-state index contributed by atoms with van der Waals surface area (Å²) in [4.78, 5) is 24.0. The van der Waals surface area contributed by atoms with E-state index in [-0.39, 0.29) is 5.56 Å². The summed E-state index contributed by atoms with van der Waals surface area (Å²) in [5, 5.41) is 13.9. The quantitative estimate of drug-likeness (QED) is 0.785. The Morgan fingerprint density at radius 2 is 1.95 bits per heavy atom. The number of amides is 2. The maximum absolute atomic E-state index is 11.9. The molecule has 1 aromatic heterocycles. The van der Waals surface area contributed by atoms with Crippen molar-refractivity contribution in [2.75, 3.05) is 31.6 Å². The monoisotopic (exact) mass is 299 g/mol. The van der Waals surface area contributed by atoms with E-state index in [1.165, 1.54) is 11.3 Å². The molecule has 0 atom stereocenters. The summed E-state index contributed by atoms with van der Waals surface area (Å²) in [5.41, 5.74) is 3.52. The topological polar surface area (TPSA) is 90.9 Å². The van der Waals surface area contributed by atoms with Crippen molar-refractivity contribution in [2.24, 2.45) is 0 Å². The Morgan fingerprint density at radius 1 is 1.30 bits per heavy atom. The Balaban J connectivity index is 2.04. The number of carboxylic acid groups (broad SMARTS) is 1. The predicted octanol–water partition coefficient (Wildman–Crippen LogP) is 1.43. The van der Waals surface area contributed by atoms with Crippen molar-refractivity contribution in [3.8, 4) is 0 Å². The molecule has 20 heavy (non-hydrogen) atoms. The van der Waals surface area contributed by atoms with Gasteiger partial charge in [-0.15, -0.1) is 11.3 Å². The summed E-state index contributed by atoms with van der Waals surface area (Å²) in [6.07, 6.45) is 0. The molecule has 1 aromatic rings. The van der Waals surface area contributed by atoms with E-state index in [2.05, 4.69) is 10.7 Å². The highest BCUT2D eigenvalue weighted by molar-refractivity contribution is 7.16. The largest absolute Gasteiger partial charge is 0.478 e. The first kappa shape index (κ1) is 14.8. The zero-order valence-corrected chi connectivity index (χ0v) is 12.2. The Bertz CT molecular complexity index is 523. The summed E-state index contributed by atoms with van der Waals surface area (Å²) in [5.74, 6) is -1.03. The van der Waals surface area contributed by atoms with Gasteiger partial charge in [0.15, 0.2) is 0 Å². The first-order valence-corrected chi connectivity index (χ1v) is 7.04. The van der Waals surface area contributed by atoms with Crippen LogP contribution in [-0.4, -0.2) is 48.4 Å². The van der Waals surface area contributed by atoms with E-state index in [4.69, 9.17) is 4.74 Å². The van der Waals surface area contributed by atoms with Crippen LogP contribution in [0.15, 0.2) is 0 Å². The first-order chi connectivity index (χ1) is 9.49. The fraction of sp³-hybridized carbons (Fsp3) is 0.500. The molecule has 1 aliphatic heterocycles. The molecular weight excluding hydrogens is 282 g/mol. The minimum atomic E-state index is -1.03. The van der Waals surface area contributed by atoms with Crippen LogP contribution < -0.4 is 10.7 Å². The molecule has 2 heterocycles. The van der Waals surface area contributed by atoms with E-state index in [9.17, 15) is 14.7 Å². The molecule has 110 valence electrons. The van der Waals surface area contributed by atoms with Crippen LogP contribution in [-0.2, 0) is 4.74 Å². The second-order valence-corrected chi connectivity index (χ2v) is 5.68. The van der Waals surface area contributed by atoms with E-state index in [1.54, 1.807) is 11.9 Å². The molecule has 0 bridgehead atoms. The van der Waals surface area contributed by atoms with Gasteiger partial charge in [0.1, 0.15) is 5.00 Å². The van der Waals surface area contributed by atoms with Gasteiger partial charge in [-0.3, -0.25) is 10.7 Å². The molecule has 1 fully saturated rings. The molecule has 2 amide bonds. The highest BCUT2D eigenvalue weighted by Crippen LogP contribution is 2.32. The van der Waals surface area contributed by atoms with Crippen LogP contribution in [0.1, 0.15) is 20.8 Å². The van der Waals surface area contributed by atoms with E-state index in [0.717, 1.165) is 4.88 Å². The SMILES string of the molecule is Cc1sc(NC(=O)NN2CCOCC2)c(C(=O)O)c1C. The van der Waals surface area contributed by atoms with Crippen LogP contribution in [0.3, 0.4) is 0 Å². The highest BCUT2D eigenvalue weighted by Gasteiger charge is 2.21.